The summed E-state index contributed by atoms with van der Waals surface area (Å²) in [5, 5.41) is 13.2. The third kappa shape index (κ3) is 9.64. The summed E-state index contributed by atoms with van der Waals surface area (Å²) in [6.45, 7) is 9.15. The Morgan fingerprint density at radius 2 is 1.69 bits per heavy atom. The third-order valence-electron chi connectivity index (χ3n) is 7.69. The first-order valence-corrected chi connectivity index (χ1v) is 15.4. The van der Waals surface area contributed by atoms with Crippen molar-refractivity contribution >= 4 is 53.8 Å². The van der Waals surface area contributed by atoms with Crippen molar-refractivity contribution in [1.82, 2.24) is 10.3 Å². The van der Waals surface area contributed by atoms with Gasteiger partial charge in [-0.2, -0.15) is 0 Å². The van der Waals surface area contributed by atoms with Crippen molar-refractivity contribution in [3.8, 4) is 16.9 Å². The predicted molar refractivity (Wildman–Crippen MR) is 188 cm³/mol. The highest BCUT2D eigenvalue weighted by molar-refractivity contribution is 6.11. The smallest absolute Gasteiger partial charge is 0.360 e. The SMILES string of the molecule is C=Cc1cc(C(=O)Nc2ccc(C(=N)N)cc2)c(-c2ccc(C(=O)NCC3CC3)nc2C(=O)OC(C)OC(=O)[C@@H](N)C(C)C)cc1OC.Cl. The minimum Gasteiger partial charge on any atom is -0.496 e. The molecule has 2 aromatic carbocycles. The fourth-order valence-corrected chi connectivity index (χ4v) is 4.63. The average Bonchev–Trinajstić information content (AvgIpc) is 3.90. The molecule has 49 heavy (non-hydrogen) atoms. The number of pyridine rings is 1. The number of halogens is 1. The Hall–Kier alpha value is -5.27. The first-order chi connectivity index (χ1) is 22.8. The van der Waals surface area contributed by atoms with Gasteiger partial charge >= 0.3 is 11.9 Å². The van der Waals surface area contributed by atoms with Crippen LogP contribution in [0.25, 0.3) is 17.2 Å². The normalized spacial score (nSPS) is 13.3. The maximum absolute atomic E-state index is 13.8. The van der Waals surface area contributed by atoms with Crippen LogP contribution in [-0.2, 0) is 14.3 Å². The van der Waals surface area contributed by atoms with E-state index in [-0.39, 0.29) is 52.2 Å². The minimum atomic E-state index is -1.35. The number of hydrogen-bond acceptors (Lipinski definition) is 10. The number of methoxy groups -OCH3 is 1. The van der Waals surface area contributed by atoms with Crippen molar-refractivity contribution in [2.45, 2.75) is 45.9 Å². The molecular weight excluding hydrogens is 652 g/mol. The zero-order valence-corrected chi connectivity index (χ0v) is 28.5. The zero-order chi connectivity index (χ0) is 35.1. The van der Waals surface area contributed by atoms with Crippen LogP contribution in [0.15, 0.2) is 55.1 Å². The summed E-state index contributed by atoms with van der Waals surface area (Å²) in [5.74, 6) is -2.41. The zero-order valence-electron chi connectivity index (χ0n) is 27.7. The molecule has 4 rings (SSSR count). The molecule has 0 aliphatic heterocycles. The van der Waals surface area contributed by atoms with Crippen LogP contribution in [0, 0.1) is 17.2 Å². The van der Waals surface area contributed by atoms with E-state index < -0.39 is 36.1 Å². The van der Waals surface area contributed by atoms with Gasteiger partial charge in [-0.05, 0) is 73.2 Å². The Labute approximate surface area is 290 Å². The predicted octanol–water partition coefficient (Wildman–Crippen LogP) is 4.53. The van der Waals surface area contributed by atoms with Crippen molar-refractivity contribution in [3.05, 3.63) is 83.2 Å². The van der Waals surface area contributed by atoms with Crippen molar-refractivity contribution < 1.29 is 33.4 Å². The van der Waals surface area contributed by atoms with Crippen LogP contribution in [0.1, 0.15) is 76.1 Å². The monoisotopic (exact) mass is 692 g/mol. The number of carbonyl (C=O) groups excluding carboxylic acids is 4. The van der Waals surface area contributed by atoms with Gasteiger partial charge in [-0.25, -0.2) is 9.78 Å². The molecule has 0 spiro atoms. The lowest BCUT2D eigenvalue weighted by Gasteiger charge is -2.20. The summed E-state index contributed by atoms with van der Waals surface area (Å²) in [7, 11) is 1.45. The van der Waals surface area contributed by atoms with E-state index in [1.807, 2.05) is 0 Å². The number of rotatable bonds is 14. The van der Waals surface area contributed by atoms with Gasteiger partial charge in [0.05, 0.1) is 7.11 Å². The number of amidine groups is 1. The van der Waals surface area contributed by atoms with Crippen molar-refractivity contribution in [3.63, 3.8) is 0 Å². The lowest BCUT2D eigenvalue weighted by atomic mass is 9.94. The molecule has 0 radical (unpaired) electrons. The van der Waals surface area contributed by atoms with Gasteiger partial charge in [-0.15, -0.1) is 12.4 Å². The van der Waals surface area contributed by atoms with E-state index in [0.717, 1.165) is 12.8 Å². The highest BCUT2D eigenvalue weighted by atomic mass is 35.5. The molecule has 2 atom stereocenters. The Balaban J connectivity index is 0.00000650. The van der Waals surface area contributed by atoms with E-state index >= 15 is 0 Å². The van der Waals surface area contributed by atoms with Crippen LogP contribution in [0.4, 0.5) is 5.69 Å². The van der Waals surface area contributed by atoms with E-state index in [2.05, 4.69) is 22.2 Å². The number of amides is 2. The number of aromatic nitrogens is 1. The second kappa shape index (κ2) is 16.7. The number of anilines is 1. The first-order valence-electron chi connectivity index (χ1n) is 15.4. The van der Waals surface area contributed by atoms with Gasteiger partial charge in [0.1, 0.15) is 23.3 Å². The first kappa shape index (κ1) is 38.2. The molecular formula is C35H41ClN6O7. The van der Waals surface area contributed by atoms with E-state index in [9.17, 15) is 19.2 Å². The summed E-state index contributed by atoms with van der Waals surface area (Å²) in [6, 6.07) is 11.5. The van der Waals surface area contributed by atoms with Gasteiger partial charge in [-0.1, -0.05) is 26.5 Å². The summed E-state index contributed by atoms with van der Waals surface area (Å²) >= 11 is 0. The quantitative estimate of drug-likeness (QED) is 0.0690. The summed E-state index contributed by atoms with van der Waals surface area (Å²) < 4.78 is 16.3. The largest absolute Gasteiger partial charge is 0.496 e. The minimum absolute atomic E-state index is 0. The standard InChI is InChI=1S/C35H40N6O7.ClH/c1-6-21-15-26(32(42)40-23-11-9-22(10-12-23)31(37)38)25(16-28(21)46-5)24-13-14-27(33(43)39-17-20-7-8-20)41-30(24)35(45)48-19(4)47-34(44)29(36)18(2)3;/h6,9-16,18-20,29H,1,7-8,17,36H2,2-5H3,(H3,37,38)(H,39,43)(H,40,42);1H/t19?,29-;/m0./s1. The van der Waals surface area contributed by atoms with Crippen LogP contribution in [0.5, 0.6) is 5.75 Å². The Bertz CT molecular complexity index is 1740. The fraction of sp³-hybridized carbons (Fsp3) is 0.314. The number of esters is 2. The molecule has 14 heteroatoms. The maximum Gasteiger partial charge on any atom is 0.360 e. The molecule has 1 aliphatic carbocycles. The number of nitrogens with zero attached hydrogens (tertiary/aromatic N) is 1. The molecule has 1 fully saturated rings. The summed E-state index contributed by atoms with van der Waals surface area (Å²) in [4.78, 5) is 57.3. The maximum atomic E-state index is 13.8. The topological polar surface area (TPSA) is 209 Å². The molecule has 1 unspecified atom stereocenters. The van der Waals surface area contributed by atoms with Gasteiger partial charge in [-0.3, -0.25) is 19.8 Å². The number of nitrogen functional groups attached to an aromatic ring is 1. The molecule has 260 valence electrons. The van der Waals surface area contributed by atoms with Gasteiger partial charge in [0.2, 0.25) is 6.29 Å². The van der Waals surface area contributed by atoms with E-state index in [1.165, 1.54) is 32.2 Å². The number of ether oxygens (including phenoxy) is 3. The lowest BCUT2D eigenvalue weighted by Crippen LogP contribution is -2.39. The van der Waals surface area contributed by atoms with Gasteiger partial charge in [0.25, 0.3) is 11.8 Å². The highest BCUT2D eigenvalue weighted by Gasteiger charge is 2.28. The molecule has 1 aromatic heterocycles. The Kier molecular flexibility index (Phi) is 13.0. The van der Waals surface area contributed by atoms with Crippen molar-refractivity contribution in [1.29, 1.82) is 5.41 Å². The van der Waals surface area contributed by atoms with E-state index in [0.29, 0.717) is 35.0 Å². The molecule has 1 aliphatic rings. The van der Waals surface area contributed by atoms with Gasteiger partial charge < -0.3 is 36.3 Å². The molecule has 2 amide bonds. The molecule has 0 saturated heterocycles. The van der Waals surface area contributed by atoms with Crippen LogP contribution in [-0.4, -0.2) is 60.6 Å². The lowest BCUT2D eigenvalue weighted by molar-refractivity contribution is -0.168. The molecule has 1 saturated carbocycles. The molecule has 3 aromatic rings. The van der Waals surface area contributed by atoms with Crippen LogP contribution >= 0.6 is 12.4 Å². The molecule has 7 N–H and O–H groups in total. The third-order valence-corrected chi connectivity index (χ3v) is 7.69. The Morgan fingerprint density at radius 1 is 1.02 bits per heavy atom. The number of carbonyl (C=O) groups is 4. The number of nitrogens with one attached hydrogen (secondary N) is 3. The van der Waals surface area contributed by atoms with Crippen molar-refractivity contribution in [2.75, 3.05) is 19.0 Å². The fourth-order valence-electron chi connectivity index (χ4n) is 4.63. The van der Waals surface area contributed by atoms with E-state index in [1.54, 1.807) is 50.2 Å². The van der Waals surface area contributed by atoms with E-state index in [4.69, 9.17) is 31.1 Å². The highest BCUT2D eigenvalue weighted by Crippen LogP contribution is 2.35. The summed E-state index contributed by atoms with van der Waals surface area (Å²) in [6.07, 6.45) is 2.21. The second-order valence-corrected chi connectivity index (χ2v) is 11.7. The number of hydrogen-bond donors (Lipinski definition) is 5. The van der Waals surface area contributed by atoms with Crippen LogP contribution in [0.2, 0.25) is 0 Å². The summed E-state index contributed by atoms with van der Waals surface area (Å²) in [5.41, 5.74) is 13.0. The molecule has 1 heterocycles. The second-order valence-electron chi connectivity index (χ2n) is 11.7. The van der Waals surface area contributed by atoms with Gasteiger partial charge in [0.15, 0.2) is 5.69 Å². The van der Waals surface area contributed by atoms with Crippen molar-refractivity contribution in [2.24, 2.45) is 23.3 Å². The van der Waals surface area contributed by atoms with Crippen LogP contribution in [0.3, 0.4) is 0 Å². The number of benzene rings is 2. The van der Waals surface area contributed by atoms with Gasteiger partial charge in [0, 0.05) is 47.0 Å². The Morgan fingerprint density at radius 3 is 2.27 bits per heavy atom. The van der Waals surface area contributed by atoms with Crippen LogP contribution < -0.4 is 26.8 Å². The average molecular weight is 693 g/mol. The number of nitrogens with two attached hydrogens (primary N) is 2. The molecule has 0 bridgehead atoms. The molecule has 13 nitrogen and oxygen atoms in total.